The predicted octanol–water partition coefficient (Wildman–Crippen LogP) is 0.766. The summed E-state index contributed by atoms with van der Waals surface area (Å²) in [4.78, 5) is 9.32. The van der Waals surface area contributed by atoms with Crippen LogP contribution in [0, 0.1) is 10.1 Å². The fourth-order valence-corrected chi connectivity index (χ4v) is 2.82. The highest BCUT2D eigenvalue weighted by Gasteiger charge is 2.32. The number of anilines is 1. The van der Waals surface area contributed by atoms with Gasteiger partial charge in [-0.1, -0.05) is 6.07 Å². The Morgan fingerprint density at radius 1 is 1.50 bits per heavy atom. The van der Waals surface area contributed by atoms with E-state index in [1.807, 2.05) is 5.43 Å². The Kier molecular flexibility index (Phi) is 4.92. The van der Waals surface area contributed by atoms with Crippen LogP contribution in [0.25, 0.3) is 0 Å². The molecule has 0 aliphatic heterocycles. The van der Waals surface area contributed by atoms with Crippen LogP contribution in [0.3, 0.4) is 0 Å². The Labute approximate surface area is 113 Å². The number of hydrazine groups is 1. The molecule has 0 aliphatic rings. The minimum atomic E-state index is -4.43. The number of para-hydroxylation sites is 1. The van der Waals surface area contributed by atoms with Gasteiger partial charge < -0.3 is 5.43 Å². The van der Waals surface area contributed by atoms with E-state index in [4.69, 9.17) is 5.84 Å². The van der Waals surface area contributed by atoms with Gasteiger partial charge in [0.2, 0.25) is 10.0 Å². The van der Waals surface area contributed by atoms with Gasteiger partial charge in [-0.25, -0.2) is 17.2 Å². The Morgan fingerprint density at radius 3 is 2.55 bits per heavy atom. The van der Waals surface area contributed by atoms with Crippen LogP contribution in [0.4, 0.5) is 20.2 Å². The van der Waals surface area contributed by atoms with E-state index in [-0.39, 0.29) is 5.69 Å². The molecule has 0 aromatic heterocycles. The van der Waals surface area contributed by atoms with E-state index in [1.54, 1.807) is 0 Å². The van der Waals surface area contributed by atoms with Crippen LogP contribution in [0.2, 0.25) is 0 Å². The molecule has 1 aromatic carbocycles. The van der Waals surface area contributed by atoms with Crippen LogP contribution < -0.4 is 11.3 Å². The molecule has 3 N–H and O–H groups in total. The third kappa shape index (κ3) is 3.18. The van der Waals surface area contributed by atoms with Crippen LogP contribution in [0.5, 0.6) is 0 Å². The summed E-state index contributed by atoms with van der Waals surface area (Å²) in [6.45, 7) is -1.07. The maximum atomic E-state index is 12.3. The molecule has 0 saturated heterocycles. The van der Waals surface area contributed by atoms with Crippen molar-refractivity contribution >= 4 is 21.4 Å². The molecule has 0 bridgehead atoms. The zero-order valence-electron chi connectivity index (χ0n) is 10.3. The van der Waals surface area contributed by atoms with Crippen LogP contribution in [-0.2, 0) is 10.0 Å². The van der Waals surface area contributed by atoms with Crippen LogP contribution >= 0.6 is 0 Å². The minimum Gasteiger partial charge on any atom is -0.318 e. The molecule has 0 fully saturated rings. The Bertz CT molecular complexity index is 608. The van der Waals surface area contributed by atoms with Crippen molar-refractivity contribution in [3.8, 4) is 0 Å². The fourth-order valence-electron chi connectivity index (χ4n) is 1.50. The number of alkyl halides is 2. The van der Waals surface area contributed by atoms with Gasteiger partial charge in [-0.05, 0) is 12.1 Å². The quantitative estimate of drug-likeness (QED) is 0.455. The molecule has 0 aliphatic carbocycles. The lowest BCUT2D eigenvalue weighted by Gasteiger charge is -2.17. The lowest BCUT2D eigenvalue weighted by atomic mass is 10.3. The molecule has 0 atom stereocenters. The van der Waals surface area contributed by atoms with Crippen LogP contribution in [0.1, 0.15) is 0 Å². The second kappa shape index (κ2) is 6.07. The van der Waals surface area contributed by atoms with Crippen molar-refractivity contribution in [3.05, 3.63) is 28.3 Å². The van der Waals surface area contributed by atoms with Gasteiger partial charge in [0, 0.05) is 7.05 Å². The summed E-state index contributed by atoms with van der Waals surface area (Å²) in [6, 6.07) is 3.37. The van der Waals surface area contributed by atoms with Gasteiger partial charge in [-0.15, -0.1) is 0 Å². The zero-order chi connectivity index (χ0) is 15.5. The van der Waals surface area contributed by atoms with Gasteiger partial charge in [0.1, 0.15) is 5.69 Å². The molecule has 0 spiro atoms. The van der Waals surface area contributed by atoms with E-state index in [9.17, 15) is 27.3 Å². The van der Waals surface area contributed by atoms with Crippen LogP contribution in [0.15, 0.2) is 23.1 Å². The van der Waals surface area contributed by atoms with E-state index in [1.165, 1.54) is 12.1 Å². The summed E-state index contributed by atoms with van der Waals surface area (Å²) in [7, 11) is -3.52. The van der Waals surface area contributed by atoms with E-state index in [0.717, 1.165) is 13.1 Å². The van der Waals surface area contributed by atoms with Crippen molar-refractivity contribution in [1.82, 2.24) is 4.31 Å². The van der Waals surface area contributed by atoms with E-state index in [2.05, 4.69) is 0 Å². The van der Waals surface area contributed by atoms with Gasteiger partial charge in [0.25, 0.3) is 6.43 Å². The van der Waals surface area contributed by atoms with Crippen molar-refractivity contribution in [3.63, 3.8) is 0 Å². The molecule has 20 heavy (non-hydrogen) atoms. The highest BCUT2D eigenvalue weighted by molar-refractivity contribution is 7.89. The smallest absolute Gasteiger partial charge is 0.313 e. The monoisotopic (exact) mass is 310 g/mol. The number of sulfonamides is 1. The Morgan fingerprint density at radius 2 is 2.10 bits per heavy atom. The van der Waals surface area contributed by atoms with Crippen LogP contribution in [-0.4, -0.2) is 37.7 Å². The normalized spacial score (nSPS) is 11.9. The van der Waals surface area contributed by atoms with Crippen molar-refractivity contribution in [2.75, 3.05) is 19.0 Å². The number of halogens is 2. The van der Waals surface area contributed by atoms with E-state index >= 15 is 0 Å². The SMILES string of the molecule is CN(CC(F)F)S(=O)(=O)c1cccc(NN)c1[N+](=O)[O-]. The van der Waals surface area contributed by atoms with Gasteiger partial charge in [0.15, 0.2) is 4.90 Å². The first kappa shape index (κ1) is 16.2. The molecule has 112 valence electrons. The first-order valence-electron chi connectivity index (χ1n) is 5.20. The largest absolute Gasteiger partial charge is 0.318 e. The highest BCUT2D eigenvalue weighted by Crippen LogP contribution is 2.32. The van der Waals surface area contributed by atoms with Gasteiger partial charge in [-0.3, -0.25) is 16.0 Å². The third-order valence-corrected chi connectivity index (χ3v) is 4.28. The summed E-state index contributed by atoms with van der Waals surface area (Å²) < 4.78 is 49.0. The number of nitrogens with two attached hydrogens (primary N) is 1. The molecule has 0 saturated carbocycles. The number of nitrogen functional groups attached to an aromatic ring is 1. The van der Waals surface area contributed by atoms with E-state index in [0.29, 0.717) is 4.31 Å². The summed E-state index contributed by atoms with van der Waals surface area (Å²) in [6.07, 6.45) is -2.90. The second-order valence-corrected chi connectivity index (χ2v) is 5.74. The predicted molar refractivity (Wildman–Crippen MR) is 66.7 cm³/mol. The number of nitrogens with one attached hydrogen (secondary N) is 1. The number of benzene rings is 1. The standard InChI is InChI=1S/C9H12F2N4O4S/c1-14(5-8(10)11)20(18,19)7-4-2-3-6(13-12)9(7)15(16)17/h2-4,8,13H,5,12H2,1H3. The molecule has 0 radical (unpaired) electrons. The Hall–Kier alpha value is -1.85. The highest BCUT2D eigenvalue weighted by atomic mass is 32.2. The topological polar surface area (TPSA) is 119 Å². The molecule has 0 amide bonds. The average Bonchev–Trinajstić information content (AvgIpc) is 2.36. The number of nitrogens with zero attached hydrogens (tertiary/aromatic N) is 2. The van der Waals surface area contributed by atoms with E-state index < -0.39 is 38.5 Å². The van der Waals surface area contributed by atoms with Gasteiger partial charge in [-0.2, -0.15) is 4.31 Å². The van der Waals surface area contributed by atoms with Gasteiger partial charge in [0.05, 0.1) is 11.5 Å². The maximum absolute atomic E-state index is 12.3. The lowest BCUT2D eigenvalue weighted by molar-refractivity contribution is -0.386. The van der Waals surface area contributed by atoms with Crippen molar-refractivity contribution in [2.24, 2.45) is 5.84 Å². The molecule has 8 nitrogen and oxygen atoms in total. The van der Waals surface area contributed by atoms with Crippen molar-refractivity contribution < 1.29 is 22.1 Å². The number of nitro groups is 1. The average molecular weight is 310 g/mol. The fraction of sp³-hybridized carbons (Fsp3) is 0.333. The molecule has 11 heteroatoms. The zero-order valence-corrected chi connectivity index (χ0v) is 11.1. The maximum Gasteiger partial charge on any atom is 0.313 e. The lowest BCUT2D eigenvalue weighted by Crippen LogP contribution is -2.32. The molecule has 0 unspecified atom stereocenters. The third-order valence-electron chi connectivity index (χ3n) is 2.42. The summed E-state index contributed by atoms with van der Waals surface area (Å²) in [5, 5.41) is 11.0. The summed E-state index contributed by atoms with van der Waals surface area (Å²) >= 11 is 0. The van der Waals surface area contributed by atoms with Crippen molar-refractivity contribution in [1.29, 1.82) is 0 Å². The number of hydrogen-bond donors (Lipinski definition) is 2. The number of rotatable bonds is 6. The number of nitro benzene ring substituents is 1. The van der Waals surface area contributed by atoms with Crippen molar-refractivity contribution in [2.45, 2.75) is 11.3 Å². The first-order valence-corrected chi connectivity index (χ1v) is 6.64. The minimum absolute atomic E-state index is 0.235. The summed E-state index contributed by atoms with van der Waals surface area (Å²) in [5.41, 5.74) is 0.966. The molecule has 0 heterocycles. The second-order valence-electron chi connectivity index (χ2n) is 3.73. The molecular formula is C9H12F2N4O4S. The first-order chi connectivity index (χ1) is 9.21. The van der Waals surface area contributed by atoms with Gasteiger partial charge >= 0.3 is 5.69 Å². The molecule has 1 rings (SSSR count). The molecule has 1 aromatic rings. The Balaban J connectivity index is 3.42. The molecular weight excluding hydrogens is 298 g/mol. The summed E-state index contributed by atoms with van der Waals surface area (Å²) in [5.74, 6) is 5.07. The number of hydrogen-bond acceptors (Lipinski definition) is 6.